The molecule has 1 aliphatic heterocycles. The van der Waals surface area contributed by atoms with Gasteiger partial charge in [-0.25, -0.2) is 0 Å². The van der Waals surface area contributed by atoms with Gasteiger partial charge in [0.2, 0.25) is 6.79 Å². The molecule has 1 amide bonds. The number of aromatic amines is 1. The van der Waals surface area contributed by atoms with E-state index in [1.54, 1.807) is 18.2 Å². The van der Waals surface area contributed by atoms with E-state index < -0.39 is 0 Å². The molecular weight excluding hydrogens is 346 g/mol. The van der Waals surface area contributed by atoms with Gasteiger partial charge in [-0.05, 0) is 62.1 Å². The summed E-state index contributed by atoms with van der Waals surface area (Å²) in [5, 5.41) is 10.9. The summed E-state index contributed by atoms with van der Waals surface area (Å²) < 4.78 is 16.7. The first-order chi connectivity index (χ1) is 13.3. The first-order valence-corrected chi connectivity index (χ1v) is 9.12. The summed E-state index contributed by atoms with van der Waals surface area (Å²) in [4.78, 5) is 12.6. The molecule has 0 unspecified atom stereocenters. The Morgan fingerprint density at radius 3 is 2.85 bits per heavy atom. The van der Waals surface area contributed by atoms with Crippen LogP contribution in [-0.4, -0.2) is 29.0 Å². The molecule has 2 heterocycles. The molecule has 3 aromatic rings. The quantitative estimate of drug-likeness (QED) is 0.733. The van der Waals surface area contributed by atoms with Crippen LogP contribution in [-0.2, 0) is 0 Å². The molecule has 27 heavy (non-hydrogen) atoms. The standard InChI is InChI=1S/C20H19N3O4/c24-20(12-5-8-17-18(9-12)26-11-25-17)21-19-15-10-14(6-7-16(15)22-23-19)27-13-3-1-2-4-13/h5-10,13H,1-4,11H2,(H2,21,22,23,24). The van der Waals surface area contributed by atoms with Gasteiger partial charge in [0.15, 0.2) is 17.3 Å². The maximum absolute atomic E-state index is 12.6. The highest BCUT2D eigenvalue weighted by atomic mass is 16.7. The summed E-state index contributed by atoms with van der Waals surface area (Å²) in [7, 11) is 0. The SMILES string of the molecule is O=C(Nc1n[nH]c2ccc(OC3CCCC3)cc12)c1ccc2c(c1)OCO2. The average Bonchev–Trinajstić information content (AvgIpc) is 3.42. The van der Waals surface area contributed by atoms with Crippen LogP contribution >= 0.6 is 0 Å². The fraction of sp³-hybridized carbons (Fsp3) is 0.300. The van der Waals surface area contributed by atoms with E-state index in [0.29, 0.717) is 22.9 Å². The number of nitrogens with one attached hydrogen (secondary N) is 2. The highest BCUT2D eigenvalue weighted by Gasteiger charge is 2.19. The summed E-state index contributed by atoms with van der Waals surface area (Å²) in [6, 6.07) is 10.9. The van der Waals surface area contributed by atoms with Crippen molar-refractivity contribution in [2.75, 3.05) is 12.1 Å². The Labute approximate surface area is 155 Å². The van der Waals surface area contributed by atoms with Gasteiger partial charge >= 0.3 is 0 Å². The van der Waals surface area contributed by atoms with Crippen molar-refractivity contribution in [1.29, 1.82) is 0 Å². The number of H-pyrrole nitrogens is 1. The normalized spacial score (nSPS) is 16.0. The van der Waals surface area contributed by atoms with Crippen LogP contribution < -0.4 is 19.5 Å². The van der Waals surface area contributed by atoms with Crippen LogP contribution in [0.15, 0.2) is 36.4 Å². The fourth-order valence-electron chi connectivity index (χ4n) is 3.58. The number of fused-ring (bicyclic) bond motifs is 2. The highest BCUT2D eigenvalue weighted by molar-refractivity contribution is 6.08. The highest BCUT2D eigenvalue weighted by Crippen LogP contribution is 2.33. The van der Waals surface area contributed by atoms with Crippen LogP contribution in [0.25, 0.3) is 10.9 Å². The van der Waals surface area contributed by atoms with Crippen LogP contribution in [0, 0.1) is 0 Å². The van der Waals surface area contributed by atoms with Crippen LogP contribution in [0.3, 0.4) is 0 Å². The number of hydrogen-bond donors (Lipinski definition) is 2. The summed E-state index contributed by atoms with van der Waals surface area (Å²) in [6.45, 7) is 0.175. The third-order valence-corrected chi connectivity index (χ3v) is 5.01. The molecule has 5 rings (SSSR count). The molecule has 138 valence electrons. The zero-order chi connectivity index (χ0) is 18.2. The lowest BCUT2D eigenvalue weighted by Gasteiger charge is -2.13. The molecule has 7 nitrogen and oxygen atoms in total. The van der Waals surface area contributed by atoms with E-state index in [2.05, 4.69) is 15.5 Å². The molecule has 2 N–H and O–H groups in total. The topological polar surface area (TPSA) is 85.5 Å². The van der Waals surface area contributed by atoms with Gasteiger partial charge in [0, 0.05) is 10.9 Å². The molecule has 1 aliphatic carbocycles. The summed E-state index contributed by atoms with van der Waals surface area (Å²) in [6.07, 6.45) is 4.90. The van der Waals surface area contributed by atoms with Gasteiger partial charge in [-0.2, -0.15) is 5.10 Å². The predicted octanol–water partition coefficient (Wildman–Crippen LogP) is 3.87. The number of benzene rings is 2. The van der Waals surface area contributed by atoms with Crippen molar-refractivity contribution >= 4 is 22.6 Å². The number of rotatable bonds is 4. The van der Waals surface area contributed by atoms with E-state index in [1.165, 1.54) is 12.8 Å². The van der Waals surface area contributed by atoms with E-state index in [9.17, 15) is 4.79 Å². The molecule has 1 aromatic heterocycles. The number of nitrogens with zero attached hydrogens (tertiary/aromatic N) is 1. The molecule has 0 atom stereocenters. The van der Waals surface area contributed by atoms with Crippen molar-refractivity contribution in [3.05, 3.63) is 42.0 Å². The molecule has 1 saturated carbocycles. The number of aromatic nitrogens is 2. The van der Waals surface area contributed by atoms with Gasteiger partial charge in [-0.1, -0.05) is 0 Å². The van der Waals surface area contributed by atoms with Crippen molar-refractivity contribution < 1.29 is 19.0 Å². The monoisotopic (exact) mass is 365 g/mol. The Hall–Kier alpha value is -3.22. The number of anilines is 1. The lowest BCUT2D eigenvalue weighted by molar-refractivity contribution is 0.102. The van der Waals surface area contributed by atoms with Gasteiger partial charge in [0.05, 0.1) is 11.6 Å². The number of carbonyl (C=O) groups is 1. The second-order valence-corrected chi connectivity index (χ2v) is 6.83. The average molecular weight is 365 g/mol. The second-order valence-electron chi connectivity index (χ2n) is 6.83. The molecular formula is C20H19N3O4. The number of amides is 1. The molecule has 0 radical (unpaired) electrons. The molecule has 0 bridgehead atoms. The zero-order valence-electron chi connectivity index (χ0n) is 14.7. The van der Waals surface area contributed by atoms with Crippen LogP contribution in [0.4, 0.5) is 5.82 Å². The second kappa shape index (κ2) is 6.50. The Morgan fingerprint density at radius 1 is 1.11 bits per heavy atom. The van der Waals surface area contributed by atoms with E-state index in [1.807, 2.05) is 18.2 Å². The molecule has 0 spiro atoms. The predicted molar refractivity (Wildman–Crippen MR) is 99.5 cm³/mol. The van der Waals surface area contributed by atoms with Crippen molar-refractivity contribution in [2.24, 2.45) is 0 Å². The van der Waals surface area contributed by atoms with Crippen LogP contribution in [0.1, 0.15) is 36.0 Å². The first kappa shape index (κ1) is 16.0. The maximum atomic E-state index is 12.6. The zero-order valence-corrected chi connectivity index (χ0v) is 14.7. The molecule has 2 aromatic carbocycles. The summed E-state index contributed by atoms with van der Waals surface area (Å²) >= 11 is 0. The Bertz CT molecular complexity index is 1010. The van der Waals surface area contributed by atoms with Gasteiger partial charge in [-0.3, -0.25) is 9.89 Å². The minimum absolute atomic E-state index is 0.175. The summed E-state index contributed by atoms with van der Waals surface area (Å²) in [5.41, 5.74) is 1.32. The maximum Gasteiger partial charge on any atom is 0.257 e. The van der Waals surface area contributed by atoms with Gasteiger partial charge in [-0.15, -0.1) is 0 Å². The number of ether oxygens (including phenoxy) is 3. The van der Waals surface area contributed by atoms with E-state index >= 15 is 0 Å². The smallest absolute Gasteiger partial charge is 0.257 e. The Morgan fingerprint density at radius 2 is 1.96 bits per heavy atom. The van der Waals surface area contributed by atoms with Crippen LogP contribution in [0.2, 0.25) is 0 Å². The minimum atomic E-state index is -0.260. The fourth-order valence-corrected chi connectivity index (χ4v) is 3.58. The van der Waals surface area contributed by atoms with Crippen molar-refractivity contribution in [3.8, 4) is 17.2 Å². The number of hydrogen-bond acceptors (Lipinski definition) is 5. The molecule has 7 heteroatoms. The first-order valence-electron chi connectivity index (χ1n) is 9.12. The van der Waals surface area contributed by atoms with Gasteiger partial charge < -0.3 is 19.5 Å². The largest absolute Gasteiger partial charge is 0.490 e. The van der Waals surface area contributed by atoms with Gasteiger partial charge in [0.25, 0.3) is 5.91 Å². The van der Waals surface area contributed by atoms with Crippen molar-refractivity contribution in [2.45, 2.75) is 31.8 Å². The van der Waals surface area contributed by atoms with Gasteiger partial charge in [0.1, 0.15) is 5.75 Å². The molecule has 0 saturated heterocycles. The molecule has 1 fully saturated rings. The Kier molecular flexibility index (Phi) is 3.85. The lowest BCUT2D eigenvalue weighted by atomic mass is 10.2. The molecule has 2 aliphatic rings. The third kappa shape index (κ3) is 3.05. The third-order valence-electron chi connectivity index (χ3n) is 5.01. The lowest BCUT2D eigenvalue weighted by Crippen LogP contribution is -2.12. The van der Waals surface area contributed by atoms with E-state index in [4.69, 9.17) is 14.2 Å². The Balaban J connectivity index is 1.38. The minimum Gasteiger partial charge on any atom is -0.490 e. The van der Waals surface area contributed by atoms with Crippen molar-refractivity contribution in [1.82, 2.24) is 10.2 Å². The van der Waals surface area contributed by atoms with E-state index in [0.717, 1.165) is 29.5 Å². The van der Waals surface area contributed by atoms with Crippen LogP contribution in [0.5, 0.6) is 17.2 Å². The summed E-state index contributed by atoms with van der Waals surface area (Å²) in [5.74, 6) is 2.23. The number of carbonyl (C=O) groups excluding carboxylic acids is 1. The van der Waals surface area contributed by atoms with E-state index in [-0.39, 0.29) is 18.8 Å². The van der Waals surface area contributed by atoms with Crippen molar-refractivity contribution in [3.63, 3.8) is 0 Å².